The van der Waals surface area contributed by atoms with E-state index in [0.29, 0.717) is 17.9 Å². The van der Waals surface area contributed by atoms with Crippen molar-refractivity contribution < 1.29 is 4.79 Å². The van der Waals surface area contributed by atoms with Gasteiger partial charge in [-0.3, -0.25) is 4.79 Å². The van der Waals surface area contributed by atoms with E-state index in [1.165, 1.54) is 0 Å². The third-order valence-corrected chi connectivity index (χ3v) is 4.12. The molecule has 0 aliphatic carbocycles. The summed E-state index contributed by atoms with van der Waals surface area (Å²) in [4.78, 5) is 14.7. The van der Waals surface area contributed by atoms with Crippen molar-refractivity contribution in [2.75, 3.05) is 13.6 Å². The van der Waals surface area contributed by atoms with Gasteiger partial charge < -0.3 is 10.2 Å². The van der Waals surface area contributed by atoms with E-state index < -0.39 is 0 Å². The quantitative estimate of drug-likeness (QED) is 0.790. The first-order valence-corrected chi connectivity index (χ1v) is 7.45. The van der Waals surface area contributed by atoms with E-state index in [4.69, 9.17) is 0 Å². The molecule has 1 amide bonds. The Kier molecular flexibility index (Phi) is 5.64. The van der Waals surface area contributed by atoms with E-state index in [-0.39, 0.29) is 5.54 Å². The topological polar surface area (TPSA) is 32.3 Å². The third-order valence-electron chi connectivity index (χ3n) is 4.12. The van der Waals surface area contributed by atoms with Crippen molar-refractivity contribution in [1.29, 1.82) is 0 Å². The summed E-state index contributed by atoms with van der Waals surface area (Å²) in [7, 11) is 1.97. The second-order valence-electron chi connectivity index (χ2n) is 6.26. The predicted octanol–water partition coefficient (Wildman–Crippen LogP) is 2.80. The van der Waals surface area contributed by atoms with Gasteiger partial charge in [0.1, 0.15) is 0 Å². The maximum Gasteiger partial charge on any atom is 0.242 e. The van der Waals surface area contributed by atoms with Crippen molar-refractivity contribution in [3.8, 4) is 0 Å². The summed E-state index contributed by atoms with van der Waals surface area (Å²) >= 11 is 0. The normalized spacial score (nSPS) is 25.4. The molecule has 2 atom stereocenters. The van der Waals surface area contributed by atoms with Crippen molar-refractivity contribution in [1.82, 2.24) is 10.2 Å². The lowest BCUT2D eigenvalue weighted by atomic mass is 9.89. The molecule has 0 saturated carbocycles. The summed E-state index contributed by atoms with van der Waals surface area (Å²) in [6, 6.07) is 0.327. The molecule has 0 radical (unpaired) electrons. The molecule has 106 valence electrons. The molecule has 1 fully saturated rings. The largest absolute Gasteiger partial charge is 0.341 e. The Hall–Kier alpha value is -0.570. The minimum Gasteiger partial charge on any atom is -0.341 e. The number of nitrogens with one attached hydrogen (secondary N) is 1. The maximum atomic E-state index is 12.7. The average Bonchev–Trinajstić information content (AvgIpc) is 2.76. The summed E-state index contributed by atoms with van der Waals surface area (Å²) < 4.78 is 0. The van der Waals surface area contributed by atoms with E-state index in [9.17, 15) is 4.79 Å². The first-order valence-electron chi connectivity index (χ1n) is 7.45. The van der Waals surface area contributed by atoms with Crippen LogP contribution in [0.3, 0.4) is 0 Å². The molecule has 1 rings (SSSR count). The number of hydrogen-bond donors (Lipinski definition) is 1. The standard InChI is InChI=1S/C15H30N2O/c1-6-8-15(9-7-10-16-15)14(18)17(5)13(4)11-12(2)3/h12-13,16H,6-11H2,1-5H3. The molecular formula is C15H30N2O. The van der Waals surface area contributed by atoms with E-state index >= 15 is 0 Å². The van der Waals surface area contributed by atoms with Gasteiger partial charge in [-0.05, 0) is 45.1 Å². The van der Waals surface area contributed by atoms with Gasteiger partial charge in [0.15, 0.2) is 0 Å². The highest BCUT2D eigenvalue weighted by molar-refractivity contribution is 5.86. The van der Waals surface area contributed by atoms with Crippen LogP contribution in [0.4, 0.5) is 0 Å². The smallest absolute Gasteiger partial charge is 0.242 e. The predicted molar refractivity (Wildman–Crippen MR) is 76.6 cm³/mol. The molecule has 2 unspecified atom stereocenters. The van der Waals surface area contributed by atoms with Crippen LogP contribution in [0.2, 0.25) is 0 Å². The SMILES string of the molecule is CCCC1(C(=O)N(C)C(C)CC(C)C)CCCN1. The number of likely N-dealkylation sites (N-methyl/N-ethyl adjacent to an activating group) is 1. The number of rotatable bonds is 6. The van der Waals surface area contributed by atoms with Crippen molar-refractivity contribution >= 4 is 5.91 Å². The van der Waals surface area contributed by atoms with Crippen LogP contribution < -0.4 is 5.32 Å². The Labute approximate surface area is 112 Å². The highest BCUT2D eigenvalue weighted by atomic mass is 16.2. The van der Waals surface area contributed by atoms with Crippen LogP contribution >= 0.6 is 0 Å². The first-order chi connectivity index (χ1) is 8.43. The van der Waals surface area contributed by atoms with Gasteiger partial charge in [0, 0.05) is 13.1 Å². The summed E-state index contributed by atoms with van der Waals surface area (Å²) in [6.45, 7) is 9.73. The van der Waals surface area contributed by atoms with Gasteiger partial charge in [-0.25, -0.2) is 0 Å². The number of carbonyl (C=O) groups is 1. The second-order valence-corrected chi connectivity index (χ2v) is 6.26. The van der Waals surface area contributed by atoms with Crippen LogP contribution in [0.5, 0.6) is 0 Å². The molecule has 0 aromatic rings. The molecule has 1 N–H and O–H groups in total. The number of carbonyl (C=O) groups excluding carboxylic acids is 1. The van der Waals surface area contributed by atoms with E-state index in [1.807, 2.05) is 11.9 Å². The van der Waals surface area contributed by atoms with Gasteiger partial charge in [0.2, 0.25) is 5.91 Å². The molecule has 1 aliphatic rings. The molecule has 1 heterocycles. The fourth-order valence-corrected chi connectivity index (χ4v) is 3.11. The first kappa shape index (κ1) is 15.5. The van der Waals surface area contributed by atoms with Crippen LogP contribution in [-0.2, 0) is 4.79 Å². The number of hydrogen-bond acceptors (Lipinski definition) is 2. The Morgan fingerprint density at radius 1 is 1.39 bits per heavy atom. The summed E-state index contributed by atoms with van der Waals surface area (Å²) in [5.74, 6) is 0.934. The van der Waals surface area contributed by atoms with Crippen LogP contribution in [0.25, 0.3) is 0 Å². The Morgan fingerprint density at radius 2 is 2.06 bits per heavy atom. The zero-order valence-electron chi connectivity index (χ0n) is 12.8. The Balaban J connectivity index is 2.71. The lowest BCUT2D eigenvalue weighted by Gasteiger charge is -2.36. The van der Waals surface area contributed by atoms with E-state index in [2.05, 4.69) is 33.0 Å². The molecule has 1 aliphatic heterocycles. The second kappa shape index (κ2) is 6.55. The molecular weight excluding hydrogens is 224 g/mol. The van der Waals surface area contributed by atoms with Gasteiger partial charge in [-0.15, -0.1) is 0 Å². The van der Waals surface area contributed by atoms with Crippen LogP contribution in [0.1, 0.15) is 59.8 Å². The number of nitrogens with zero attached hydrogens (tertiary/aromatic N) is 1. The van der Waals surface area contributed by atoms with Crippen LogP contribution in [0.15, 0.2) is 0 Å². The summed E-state index contributed by atoms with van der Waals surface area (Å²) in [5, 5.41) is 3.47. The molecule has 0 spiro atoms. The van der Waals surface area contributed by atoms with E-state index in [1.54, 1.807) is 0 Å². The van der Waals surface area contributed by atoms with E-state index in [0.717, 1.165) is 38.6 Å². The zero-order valence-corrected chi connectivity index (χ0v) is 12.8. The van der Waals surface area contributed by atoms with Crippen molar-refractivity contribution in [2.45, 2.75) is 71.4 Å². The van der Waals surface area contributed by atoms with Crippen LogP contribution in [0, 0.1) is 5.92 Å². The molecule has 18 heavy (non-hydrogen) atoms. The lowest BCUT2D eigenvalue weighted by Crippen LogP contribution is -2.55. The third kappa shape index (κ3) is 3.47. The van der Waals surface area contributed by atoms with Gasteiger partial charge in [0.05, 0.1) is 5.54 Å². The van der Waals surface area contributed by atoms with Crippen molar-refractivity contribution in [3.63, 3.8) is 0 Å². The molecule has 0 aromatic carbocycles. The zero-order chi connectivity index (χ0) is 13.8. The monoisotopic (exact) mass is 254 g/mol. The van der Waals surface area contributed by atoms with Crippen molar-refractivity contribution in [3.05, 3.63) is 0 Å². The Morgan fingerprint density at radius 3 is 2.50 bits per heavy atom. The molecule has 0 bridgehead atoms. The fourth-order valence-electron chi connectivity index (χ4n) is 3.11. The van der Waals surface area contributed by atoms with Crippen LogP contribution in [-0.4, -0.2) is 36.0 Å². The summed E-state index contributed by atoms with van der Waals surface area (Å²) in [5.41, 5.74) is -0.269. The highest BCUT2D eigenvalue weighted by Crippen LogP contribution is 2.28. The molecule has 3 heteroatoms. The minimum atomic E-state index is -0.269. The Bertz CT molecular complexity index is 270. The van der Waals surface area contributed by atoms with Gasteiger partial charge in [-0.2, -0.15) is 0 Å². The summed E-state index contributed by atoms with van der Waals surface area (Å²) in [6.07, 6.45) is 5.22. The molecule has 1 saturated heterocycles. The lowest BCUT2D eigenvalue weighted by molar-refractivity contribution is -0.139. The molecule has 3 nitrogen and oxygen atoms in total. The molecule has 0 aromatic heterocycles. The van der Waals surface area contributed by atoms with Gasteiger partial charge in [-0.1, -0.05) is 27.2 Å². The van der Waals surface area contributed by atoms with Gasteiger partial charge in [0.25, 0.3) is 0 Å². The average molecular weight is 254 g/mol. The highest BCUT2D eigenvalue weighted by Gasteiger charge is 2.42. The maximum absolute atomic E-state index is 12.7. The minimum absolute atomic E-state index is 0.269. The van der Waals surface area contributed by atoms with Gasteiger partial charge >= 0.3 is 0 Å². The fraction of sp³-hybridized carbons (Fsp3) is 0.933. The van der Waals surface area contributed by atoms with Crippen molar-refractivity contribution in [2.24, 2.45) is 5.92 Å². The number of amides is 1.